The van der Waals surface area contributed by atoms with Gasteiger partial charge >= 0.3 is 6.09 Å². The first kappa shape index (κ1) is 9.83. The van der Waals surface area contributed by atoms with Crippen LogP contribution in [0.2, 0.25) is 0 Å². The number of fused-ring (bicyclic) bond motifs is 1. The number of nitrogens with one attached hydrogen (secondary N) is 1. The van der Waals surface area contributed by atoms with Gasteiger partial charge in [-0.15, -0.1) is 0 Å². The molecule has 80 valence electrons. The molecule has 0 aliphatic carbocycles. The molecule has 0 spiro atoms. The summed E-state index contributed by atoms with van der Waals surface area (Å²) in [6.07, 6.45) is -0.729. The standard InChI is InChI=1S/C11H13NO3/c1-6(2)10-8-5-7(13)3-4-9(8)12-11(14)15-10/h3-6,10,13H,1-2H3,(H,12,14). The number of benzene rings is 1. The van der Waals surface area contributed by atoms with Crippen molar-refractivity contribution >= 4 is 11.8 Å². The van der Waals surface area contributed by atoms with Crippen LogP contribution in [0.4, 0.5) is 10.5 Å². The van der Waals surface area contributed by atoms with Crippen LogP contribution in [-0.2, 0) is 4.74 Å². The van der Waals surface area contributed by atoms with Gasteiger partial charge in [-0.1, -0.05) is 13.8 Å². The zero-order chi connectivity index (χ0) is 11.0. The van der Waals surface area contributed by atoms with E-state index in [2.05, 4.69) is 5.32 Å². The first-order chi connectivity index (χ1) is 7.08. The van der Waals surface area contributed by atoms with Crippen LogP contribution >= 0.6 is 0 Å². The van der Waals surface area contributed by atoms with E-state index >= 15 is 0 Å². The highest BCUT2D eigenvalue weighted by molar-refractivity contribution is 5.88. The van der Waals surface area contributed by atoms with Crippen LogP contribution in [-0.4, -0.2) is 11.2 Å². The van der Waals surface area contributed by atoms with Crippen LogP contribution in [0.15, 0.2) is 18.2 Å². The summed E-state index contributed by atoms with van der Waals surface area (Å²) in [5, 5.41) is 12.0. The van der Waals surface area contributed by atoms with E-state index in [0.29, 0.717) is 5.69 Å². The Balaban J connectivity index is 2.47. The second kappa shape index (κ2) is 3.46. The molecule has 1 aliphatic heterocycles. The van der Waals surface area contributed by atoms with Crippen LogP contribution < -0.4 is 5.32 Å². The van der Waals surface area contributed by atoms with E-state index in [0.717, 1.165) is 5.56 Å². The first-order valence-corrected chi connectivity index (χ1v) is 4.88. The second-order valence-corrected chi connectivity index (χ2v) is 3.97. The molecule has 0 saturated carbocycles. The maximum atomic E-state index is 11.2. The monoisotopic (exact) mass is 207 g/mol. The third kappa shape index (κ3) is 1.75. The van der Waals surface area contributed by atoms with Crippen molar-refractivity contribution in [2.75, 3.05) is 5.32 Å². The molecule has 0 fully saturated rings. The highest BCUT2D eigenvalue weighted by Crippen LogP contribution is 2.37. The molecule has 4 heteroatoms. The Morgan fingerprint density at radius 3 is 2.87 bits per heavy atom. The predicted octanol–water partition coefficient (Wildman–Crippen LogP) is 2.65. The average molecular weight is 207 g/mol. The van der Waals surface area contributed by atoms with E-state index in [1.165, 1.54) is 0 Å². The number of hydrogen-bond acceptors (Lipinski definition) is 3. The Morgan fingerprint density at radius 1 is 1.47 bits per heavy atom. The zero-order valence-corrected chi connectivity index (χ0v) is 8.65. The van der Waals surface area contributed by atoms with E-state index < -0.39 is 6.09 Å². The van der Waals surface area contributed by atoms with Gasteiger partial charge in [0.15, 0.2) is 0 Å². The van der Waals surface area contributed by atoms with Gasteiger partial charge in [0, 0.05) is 5.56 Å². The molecule has 15 heavy (non-hydrogen) atoms. The molecule has 1 atom stereocenters. The number of carbonyl (C=O) groups excluding carboxylic acids is 1. The Morgan fingerprint density at radius 2 is 2.20 bits per heavy atom. The van der Waals surface area contributed by atoms with E-state index in [9.17, 15) is 9.90 Å². The summed E-state index contributed by atoms with van der Waals surface area (Å²) < 4.78 is 5.17. The largest absolute Gasteiger partial charge is 0.508 e. The maximum absolute atomic E-state index is 11.2. The van der Waals surface area contributed by atoms with Gasteiger partial charge in [-0.25, -0.2) is 4.79 Å². The smallest absolute Gasteiger partial charge is 0.412 e. The molecule has 1 aromatic rings. The van der Waals surface area contributed by atoms with Crippen molar-refractivity contribution in [1.29, 1.82) is 0 Å². The van der Waals surface area contributed by atoms with Gasteiger partial charge in [0.25, 0.3) is 0 Å². The van der Waals surface area contributed by atoms with E-state index in [1.54, 1.807) is 18.2 Å². The lowest BCUT2D eigenvalue weighted by molar-refractivity contribution is 0.0775. The Labute approximate surface area is 87.9 Å². The van der Waals surface area contributed by atoms with Gasteiger partial charge in [-0.05, 0) is 24.1 Å². The normalized spacial score (nSPS) is 19.4. The molecule has 1 heterocycles. The molecule has 4 nitrogen and oxygen atoms in total. The van der Waals surface area contributed by atoms with Crippen LogP contribution in [0.1, 0.15) is 25.5 Å². The van der Waals surface area contributed by atoms with Gasteiger partial charge in [0.05, 0.1) is 5.69 Å². The number of hydrogen-bond donors (Lipinski definition) is 2. The van der Waals surface area contributed by atoms with Gasteiger partial charge in [0.1, 0.15) is 11.9 Å². The highest BCUT2D eigenvalue weighted by Gasteiger charge is 2.28. The predicted molar refractivity (Wildman–Crippen MR) is 55.8 cm³/mol. The minimum atomic E-state index is -0.438. The van der Waals surface area contributed by atoms with Crippen LogP contribution in [0.25, 0.3) is 0 Å². The summed E-state index contributed by atoms with van der Waals surface area (Å²) in [6, 6.07) is 4.85. The second-order valence-electron chi connectivity index (χ2n) is 3.97. The molecular weight excluding hydrogens is 194 g/mol. The molecule has 0 aromatic heterocycles. The lowest BCUT2D eigenvalue weighted by Gasteiger charge is -2.28. The fourth-order valence-electron chi connectivity index (χ4n) is 1.71. The van der Waals surface area contributed by atoms with Crippen molar-refractivity contribution in [1.82, 2.24) is 0 Å². The van der Waals surface area contributed by atoms with Crippen LogP contribution in [0.5, 0.6) is 5.75 Å². The van der Waals surface area contributed by atoms with Crippen molar-refractivity contribution in [2.45, 2.75) is 20.0 Å². The maximum Gasteiger partial charge on any atom is 0.412 e. The molecule has 1 unspecified atom stereocenters. The first-order valence-electron chi connectivity index (χ1n) is 4.88. The number of amides is 1. The van der Waals surface area contributed by atoms with Crippen molar-refractivity contribution in [3.63, 3.8) is 0 Å². The SMILES string of the molecule is CC(C)C1OC(=O)Nc2ccc(O)cc21. The van der Waals surface area contributed by atoms with E-state index in [-0.39, 0.29) is 17.8 Å². The minimum Gasteiger partial charge on any atom is -0.508 e. The Hall–Kier alpha value is -1.71. The van der Waals surface area contributed by atoms with Crippen molar-refractivity contribution in [3.05, 3.63) is 23.8 Å². The summed E-state index contributed by atoms with van der Waals surface area (Å²) >= 11 is 0. The van der Waals surface area contributed by atoms with Crippen molar-refractivity contribution < 1.29 is 14.6 Å². The number of phenols is 1. The lowest BCUT2D eigenvalue weighted by Crippen LogP contribution is -2.27. The summed E-state index contributed by atoms with van der Waals surface area (Å²) in [5.41, 5.74) is 1.53. The fraction of sp³-hybridized carbons (Fsp3) is 0.364. The van der Waals surface area contributed by atoms with Crippen molar-refractivity contribution in [3.8, 4) is 5.75 Å². The van der Waals surface area contributed by atoms with Gasteiger partial charge in [0.2, 0.25) is 0 Å². The molecule has 0 radical (unpaired) electrons. The minimum absolute atomic E-state index is 0.177. The summed E-state index contributed by atoms with van der Waals surface area (Å²) in [7, 11) is 0. The molecule has 2 rings (SSSR count). The molecule has 0 saturated heterocycles. The summed E-state index contributed by atoms with van der Waals surface area (Å²) in [6.45, 7) is 3.94. The quantitative estimate of drug-likeness (QED) is 0.696. The van der Waals surface area contributed by atoms with Gasteiger partial charge < -0.3 is 9.84 Å². The van der Waals surface area contributed by atoms with Gasteiger partial charge in [-0.2, -0.15) is 0 Å². The number of rotatable bonds is 1. The number of carbonyl (C=O) groups is 1. The summed E-state index contributed by atoms with van der Waals surface area (Å²) in [5.74, 6) is 0.357. The fourth-order valence-corrected chi connectivity index (χ4v) is 1.71. The molecule has 1 aromatic carbocycles. The number of ether oxygens (including phenoxy) is 1. The number of anilines is 1. The van der Waals surface area contributed by atoms with Crippen LogP contribution in [0.3, 0.4) is 0 Å². The van der Waals surface area contributed by atoms with Crippen molar-refractivity contribution in [2.24, 2.45) is 5.92 Å². The molecule has 1 amide bonds. The number of cyclic esters (lactones) is 1. The molecular formula is C11H13NO3. The Kier molecular flexibility index (Phi) is 2.26. The lowest BCUT2D eigenvalue weighted by atomic mass is 9.96. The zero-order valence-electron chi connectivity index (χ0n) is 8.65. The molecule has 1 aliphatic rings. The molecule has 2 N–H and O–H groups in total. The third-order valence-electron chi connectivity index (χ3n) is 2.42. The number of phenolic OH excluding ortho intramolecular Hbond substituents is 1. The summed E-state index contributed by atoms with van der Waals surface area (Å²) in [4.78, 5) is 11.2. The topological polar surface area (TPSA) is 58.6 Å². The third-order valence-corrected chi connectivity index (χ3v) is 2.42. The van der Waals surface area contributed by atoms with E-state index in [1.807, 2.05) is 13.8 Å². The van der Waals surface area contributed by atoms with Crippen LogP contribution in [0, 0.1) is 5.92 Å². The average Bonchev–Trinajstić information content (AvgIpc) is 2.17. The highest BCUT2D eigenvalue weighted by atomic mass is 16.6. The van der Waals surface area contributed by atoms with Gasteiger partial charge in [-0.3, -0.25) is 5.32 Å². The van der Waals surface area contributed by atoms with E-state index in [4.69, 9.17) is 4.74 Å². The number of aromatic hydroxyl groups is 1. The molecule has 0 bridgehead atoms. The Bertz CT molecular complexity index is 401.